The van der Waals surface area contributed by atoms with Crippen molar-refractivity contribution >= 4 is 5.91 Å². The number of carbonyl (C=O) groups is 1. The van der Waals surface area contributed by atoms with Gasteiger partial charge >= 0.3 is 0 Å². The molecule has 0 radical (unpaired) electrons. The summed E-state index contributed by atoms with van der Waals surface area (Å²) in [5.41, 5.74) is 3.09. The van der Waals surface area contributed by atoms with Crippen LogP contribution in [0.5, 0.6) is 5.75 Å². The molecule has 0 bridgehead atoms. The fraction of sp³-hybridized carbons (Fsp3) is 0.625. The molecule has 1 amide bonds. The Morgan fingerprint density at radius 3 is 2.83 bits per heavy atom. The van der Waals surface area contributed by atoms with Gasteiger partial charge in [0.25, 0.3) is 5.91 Å². The fourth-order valence-electron chi connectivity index (χ4n) is 2.76. The molecule has 2 aliphatic rings. The summed E-state index contributed by atoms with van der Waals surface area (Å²) >= 11 is 0. The van der Waals surface area contributed by atoms with Crippen LogP contribution in [0, 0.1) is 5.41 Å². The van der Waals surface area contributed by atoms with Crippen LogP contribution in [-0.2, 0) is 4.74 Å². The number of hydrogen-bond donors (Lipinski definition) is 1. The smallest absolute Gasteiger partial charge is 0.278 e. The zero-order valence-electron chi connectivity index (χ0n) is 14.0. The van der Waals surface area contributed by atoms with Gasteiger partial charge < -0.3 is 19.8 Å². The van der Waals surface area contributed by atoms with Gasteiger partial charge in [-0.3, -0.25) is 14.3 Å². The highest BCUT2D eigenvalue weighted by Gasteiger charge is 2.40. The number of hydrogen-bond acceptors (Lipinski definition) is 5. The van der Waals surface area contributed by atoms with Crippen molar-refractivity contribution in [2.45, 2.75) is 40.0 Å². The molecule has 1 saturated heterocycles. The van der Waals surface area contributed by atoms with Crippen molar-refractivity contribution in [3.05, 3.63) is 28.2 Å². The largest absolute Gasteiger partial charge is 0.487 e. The standard InChI is InChI=1S/C16H23N3O4/c1-10-14-17-19-6-5-11(20)13(23-9-16(2,3)4)12(19)15(21)18(14)7-8-22-10/h5-6,10,14,17H,7-9H2,1-4H3. The molecule has 1 fully saturated rings. The summed E-state index contributed by atoms with van der Waals surface area (Å²) in [5.74, 6) is -0.0944. The quantitative estimate of drug-likeness (QED) is 0.880. The molecule has 2 atom stereocenters. The van der Waals surface area contributed by atoms with Gasteiger partial charge in [-0.15, -0.1) is 0 Å². The van der Waals surface area contributed by atoms with Crippen LogP contribution in [0.3, 0.4) is 0 Å². The minimum atomic E-state index is -0.282. The molecule has 3 rings (SSSR count). The minimum Gasteiger partial charge on any atom is -0.487 e. The Labute approximate surface area is 135 Å². The summed E-state index contributed by atoms with van der Waals surface area (Å²) in [6, 6.07) is 1.41. The third-order valence-electron chi connectivity index (χ3n) is 3.93. The SMILES string of the molecule is CC1OCCN2C(=O)c3c(OCC(C)(C)C)c(=O)ccn3NC12. The van der Waals surface area contributed by atoms with Crippen LogP contribution in [-0.4, -0.2) is 47.5 Å². The first kappa shape index (κ1) is 15.9. The van der Waals surface area contributed by atoms with Gasteiger partial charge in [0.05, 0.1) is 19.3 Å². The highest BCUT2D eigenvalue weighted by molar-refractivity contribution is 5.96. The van der Waals surface area contributed by atoms with E-state index >= 15 is 0 Å². The van der Waals surface area contributed by atoms with E-state index in [1.807, 2.05) is 27.7 Å². The molecule has 0 aromatic carbocycles. The molecule has 0 aliphatic carbocycles. The average molecular weight is 321 g/mol. The second-order valence-electron chi connectivity index (χ2n) is 7.23. The molecule has 3 heterocycles. The number of aromatic nitrogens is 1. The van der Waals surface area contributed by atoms with Gasteiger partial charge in [0, 0.05) is 18.8 Å². The Balaban J connectivity index is 2.00. The summed E-state index contributed by atoms with van der Waals surface area (Å²) in [4.78, 5) is 26.8. The summed E-state index contributed by atoms with van der Waals surface area (Å²) in [7, 11) is 0. The van der Waals surface area contributed by atoms with Crippen molar-refractivity contribution in [2.24, 2.45) is 5.41 Å². The van der Waals surface area contributed by atoms with Crippen LogP contribution in [0.4, 0.5) is 0 Å². The highest BCUT2D eigenvalue weighted by Crippen LogP contribution is 2.26. The molecule has 7 heteroatoms. The van der Waals surface area contributed by atoms with Crippen molar-refractivity contribution in [3.63, 3.8) is 0 Å². The van der Waals surface area contributed by atoms with Gasteiger partial charge in [0.15, 0.2) is 11.4 Å². The van der Waals surface area contributed by atoms with Crippen LogP contribution in [0.25, 0.3) is 0 Å². The molecule has 126 valence electrons. The van der Waals surface area contributed by atoms with Crippen LogP contribution < -0.4 is 15.6 Å². The molecule has 23 heavy (non-hydrogen) atoms. The number of amides is 1. The lowest BCUT2D eigenvalue weighted by Crippen LogP contribution is -2.62. The van der Waals surface area contributed by atoms with E-state index in [1.54, 1.807) is 15.8 Å². The lowest BCUT2D eigenvalue weighted by atomic mass is 9.99. The average Bonchev–Trinajstić information content (AvgIpc) is 2.47. The molecule has 0 spiro atoms. The summed E-state index contributed by atoms with van der Waals surface area (Å²) < 4.78 is 12.9. The van der Waals surface area contributed by atoms with E-state index in [0.717, 1.165) is 0 Å². The summed E-state index contributed by atoms with van der Waals surface area (Å²) in [6.45, 7) is 9.29. The number of rotatable bonds is 2. The summed E-state index contributed by atoms with van der Waals surface area (Å²) in [6.07, 6.45) is 1.19. The molecule has 2 aliphatic heterocycles. The zero-order valence-corrected chi connectivity index (χ0v) is 14.0. The number of fused-ring (bicyclic) bond motifs is 2. The number of nitrogens with one attached hydrogen (secondary N) is 1. The van der Waals surface area contributed by atoms with E-state index in [9.17, 15) is 9.59 Å². The topological polar surface area (TPSA) is 72.8 Å². The third-order valence-corrected chi connectivity index (χ3v) is 3.93. The Morgan fingerprint density at radius 2 is 2.13 bits per heavy atom. The Kier molecular flexibility index (Phi) is 3.83. The molecule has 1 N–H and O–H groups in total. The third kappa shape index (κ3) is 2.93. The van der Waals surface area contributed by atoms with Gasteiger partial charge in [-0.05, 0) is 12.3 Å². The predicted octanol–water partition coefficient (Wildman–Crippen LogP) is 1.02. The maximum atomic E-state index is 12.9. The molecular weight excluding hydrogens is 298 g/mol. The van der Waals surface area contributed by atoms with Crippen molar-refractivity contribution in [1.29, 1.82) is 0 Å². The Bertz CT molecular complexity index is 677. The first-order valence-electron chi connectivity index (χ1n) is 7.85. The van der Waals surface area contributed by atoms with Gasteiger partial charge in [0.1, 0.15) is 6.17 Å². The Morgan fingerprint density at radius 1 is 1.39 bits per heavy atom. The zero-order chi connectivity index (χ0) is 16.8. The van der Waals surface area contributed by atoms with Crippen molar-refractivity contribution < 1.29 is 14.3 Å². The van der Waals surface area contributed by atoms with Crippen LogP contribution in [0.1, 0.15) is 38.2 Å². The number of ether oxygens (including phenoxy) is 2. The molecule has 2 unspecified atom stereocenters. The van der Waals surface area contributed by atoms with E-state index in [0.29, 0.717) is 19.8 Å². The van der Waals surface area contributed by atoms with Crippen molar-refractivity contribution in [1.82, 2.24) is 9.58 Å². The van der Waals surface area contributed by atoms with Gasteiger partial charge in [-0.2, -0.15) is 0 Å². The molecule has 0 saturated carbocycles. The molecular formula is C16H23N3O4. The Hall–Kier alpha value is -2.02. The number of pyridine rings is 1. The normalized spacial score (nSPS) is 23.8. The second kappa shape index (κ2) is 5.56. The van der Waals surface area contributed by atoms with E-state index in [1.165, 1.54) is 6.07 Å². The van der Waals surface area contributed by atoms with Gasteiger partial charge in [-0.1, -0.05) is 20.8 Å². The predicted molar refractivity (Wildman–Crippen MR) is 85.3 cm³/mol. The monoisotopic (exact) mass is 321 g/mol. The van der Waals surface area contributed by atoms with E-state index in [2.05, 4.69) is 5.43 Å². The van der Waals surface area contributed by atoms with Crippen molar-refractivity contribution in [2.75, 3.05) is 25.2 Å². The number of nitrogens with zero attached hydrogens (tertiary/aromatic N) is 2. The maximum absolute atomic E-state index is 12.9. The lowest BCUT2D eigenvalue weighted by molar-refractivity contribution is -0.0493. The first-order valence-corrected chi connectivity index (χ1v) is 7.85. The first-order chi connectivity index (χ1) is 10.8. The van der Waals surface area contributed by atoms with Crippen molar-refractivity contribution in [3.8, 4) is 5.75 Å². The van der Waals surface area contributed by atoms with E-state index in [4.69, 9.17) is 9.47 Å². The van der Waals surface area contributed by atoms with E-state index < -0.39 is 0 Å². The van der Waals surface area contributed by atoms with E-state index in [-0.39, 0.29) is 40.5 Å². The number of morpholine rings is 1. The lowest BCUT2D eigenvalue weighted by Gasteiger charge is -2.44. The maximum Gasteiger partial charge on any atom is 0.278 e. The highest BCUT2D eigenvalue weighted by atomic mass is 16.5. The molecule has 1 aromatic rings. The minimum absolute atomic E-state index is 0.109. The van der Waals surface area contributed by atoms with Crippen LogP contribution >= 0.6 is 0 Å². The second-order valence-corrected chi connectivity index (χ2v) is 7.23. The van der Waals surface area contributed by atoms with Crippen LogP contribution in [0.2, 0.25) is 0 Å². The molecule has 1 aromatic heterocycles. The fourth-order valence-corrected chi connectivity index (χ4v) is 2.76. The number of carbonyl (C=O) groups excluding carboxylic acids is 1. The molecule has 7 nitrogen and oxygen atoms in total. The summed E-state index contributed by atoms with van der Waals surface area (Å²) in [5, 5.41) is 0. The van der Waals surface area contributed by atoms with Gasteiger partial charge in [-0.25, -0.2) is 0 Å². The van der Waals surface area contributed by atoms with Gasteiger partial charge in [0.2, 0.25) is 5.43 Å². The van der Waals surface area contributed by atoms with Crippen LogP contribution in [0.15, 0.2) is 17.1 Å².